The van der Waals surface area contributed by atoms with Gasteiger partial charge in [0.05, 0.1) is 6.04 Å². The van der Waals surface area contributed by atoms with Crippen molar-refractivity contribution in [1.29, 1.82) is 0 Å². The van der Waals surface area contributed by atoms with Gasteiger partial charge in [-0.15, -0.1) is 0 Å². The number of carbonyl (C=O) groups excluding carboxylic acids is 3. The number of hydrogen-bond acceptors (Lipinski definition) is 5. The van der Waals surface area contributed by atoms with Crippen molar-refractivity contribution in [2.45, 2.75) is 76.5 Å². The molecule has 7 nitrogen and oxygen atoms in total. The van der Waals surface area contributed by atoms with Gasteiger partial charge in [-0.2, -0.15) is 0 Å². The lowest BCUT2D eigenvalue weighted by Crippen LogP contribution is -2.66. The summed E-state index contributed by atoms with van der Waals surface area (Å²) in [4.78, 5) is 38.6. The second-order valence-electron chi connectivity index (χ2n) is 11.4. The molecule has 3 unspecified atom stereocenters. The quantitative estimate of drug-likeness (QED) is 0.585. The molecule has 0 aliphatic heterocycles. The van der Waals surface area contributed by atoms with Crippen LogP contribution in [-0.2, 0) is 20.7 Å². The van der Waals surface area contributed by atoms with Gasteiger partial charge in [0, 0.05) is 11.5 Å². The fourth-order valence-electron chi connectivity index (χ4n) is 6.62. The van der Waals surface area contributed by atoms with Crippen molar-refractivity contribution in [1.82, 2.24) is 10.6 Å². The van der Waals surface area contributed by atoms with Gasteiger partial charge in [-0.25, -0.2) is 4.79 Å². The van der Waals surface area contributed by atoms with Crippen LogP contribution in [0.2, 0.25) is 0 Å². The maximum atomic E-state index is 13.9. The van der Waals surface area contributed by atoms with E-state index in [1.807, 2.05) is 30.3 Å². The largest absolute Gasteiger partial charge is 0.444 e. The standard InChI is InChI=1S/C26H37N3O4/c1-25(2,3)33-24(32)28-15-21(30)29-20(12-16-7-5-4-6-8-16)23(31)22-19-10-17-9-18(11-19)14-26(22,27)13-17/h4-8,17-20,22H,9-15,27H2,1-3H3,(H,28,32)(H,29,30)/t17?,18?,19?,20-,22?,26?/m0/s1. The van der Waals surface area contributed by atoms with Gasteiger partial charge in [-0.3, -0.25) is 9.59 Å². The third-order valence-electron chi connectivity index (χ3n) is 7.43. The summed E-state index contributed by atoms with van der Waals surface area (Å²) in [5, 5.41) is 5.37. The van der Waals surface area contributed by atoms with Crippen LogP contribution in [0.25, 0.3) is 0 Å². The molecule has 1 aromatic rings. The molecule has 5 rings (SSSR count). The van der Waals surface area contributed by atoms with Crippen LogP contribution in [0.15, 0.2) is 30.3 Å². The van der Waals surface area contributed by atoms with Crippen molar-refractivity contribution in [3.8, 4) is 0 Å². The Morgan fingerprint density at radius 3 is 2.30 bits per heavy atom. The molecule has 4 fully saturated rings. The van der Waals surface area contributed by atoms with Gasteiger partial charge >= 0.3 is 6.09 Å². The molecule has 4 N–H and O–H groups in total. The number of benzene rings is 1. The van der Waals surface area contributed by atoms with E-state index >= 15 is 0 Å². The lowest BCUT2D eigenvalue weighted by molar-refractivity contribution is -0.142. The predicted octanol–water partition coefficient (Wildman–Crippen LogP) is 2.96. The Kier molecular flexibility index (Phi) is 6.54. The molecular formula is C26H37N3O4. The average Bonchev–Trinajstić information content (AvgIpc) is 2.70. The van der Waals surface area contributed by atoms with Crippen molar-refractivity contribution in [2.24, 2.45) is 29.4 Å². The third-order valence-corrected chi connectivity index (χ3v) is 7.43. The van der Waals surface area contributed by atoms with Gasteiger partial charge in [-0.1, -0.05) is 30.3 Å². The van der Waals surface area contributed by atoms with E-state index in [4.69, 9.17) is 10.5 Å². The molecule has 2 amide bonds. The first kappa shape index (κ1) is 23.7. The lowest BCUT2D eigenvalue weighted by Gasteiger charge is -2.59. The lowest BCUT2D eigenvalue weighted by atomic mass is 9.47. The minimum atomic E-state index is -0.678. The zero-order chi connectivity index (χ0) is 23.8. The van der Waals surface area contributed by atoms with Crippen LogP contribution >= 0.6 is 0 Å². The maximum Gasteiger partial charge on any atom is 0.408 e. The summed E-state index contributed by atoms with van der Waals surface area (Å²) >= 11 is 0. The predicted molar refractivity (Wildman–Crippen MR) is 125 cm³/mol. The average molecular weight is 456 g/mol. The van der Waals surface area contributed by atoms with Crippen LogP contribution in [0.5, 0.6) is 0 Å². The van der Waals surface area contributed by atoms with Gasteiger partial charge in [0.1, 0.15) is 12.1 Å². The molecule has 33 heavy (non-hydrogen) atoms. The number of rotatable bonds is 7. The number of carbonyl (C=O) groups is 3. The Morgan fingerprint density at radius 1 is 1.09 bits per heavy atom. The molecule has 4 aliphatic carbocycles. The highest BCUT2D eigenvalue weighted by Crippen LogP contribution is 2.57. The number of amides is 2. The number of Topliss-reactive ketones (excluding diaryl/α,β-unsaturated/α-hetero) is 1. The summed E-state index contributed by atoms with van der Waals surface area (Å²) in [6.07, 6.45) is 4.94. The molecule has 0 radical (unpaired) electrons. The Balaban J connectivity index is 1.46. The first-order valence-corrected chi connectivity index (χ1v) is 12.2. The molecule has 0 spiro atoms. The van der Waals surface area contributed by atoms with E-state index in [-0.39, 0.29) is 18.2 Å². The van der Waals surface area contributed by atoms with Crippen molar-refractivity contribution in [3.05, 3.63) is 35.9 Å². The number of nitrogens with one attached hydrogen (secondary N) is 2. The van der Waals surface area contributed by atoms with Crippen LogP contribution < -0.4 is 16.4 Å². The molecule has 0 aromatic heterocycles. The minimum Gasteiger partial charge on any atom is -0.444 e. The SMILES string of the molecule is CC(C)(C)OC(=O)NCC(=O)N[C@@H](Cc1ccccc1)C(=O)C1C2CC3CC(C2)CC1(N)C3. The molecule has 4 atom stereocenters. The Morgan fingerprint density at radius 2 is 1.73 bits per heavy atom. The second-order valence-corrected chi connectivity index (χ2v) is 11.4. The zero-order valence-electron chi connectivity index (χ0n) is 19.9. The molecule has 7 heteroatoms. The van der Waals surface area contributed by atoms with E-state index in [1.165, 1.54) is 6.42 Å². The normalized spacial score (nSPS) is 31.0. The van der Waals surface area contributed by atoms with Crippen LogP contribution in [0.3, 0.4) is 0 Å². The molecule has 4 bridgehead atoms. The first-order chi connectivity index (χ1) is 15.5. The third kappa shape index (κ3) is 5.57. The summed E-state index contributed by atoms with van der Waals surface area (Å²) in [7, 11) is 0. The van der Waals surface area contributed by atoms with E-state index in [2.05, 4.69) is 10.6 Å². The molecule has 180 valence electrons. The highest BCUT2D eigenvalue weighted by atomic mass is 16.6. The molecular weight excluding hydrogens is 418 g/mol. The number of hydrogen-bond donors (Lipinski definition) is 3. The topological polar surface area (TPSA) is 111 Å². The van der Waals surface area contributed by atoms with E-state index in [1.54, 1.807) is 20.8 Å². The maximum absolute atomic E-state index is 13.9. The molecule has 0 heterocycles. The summed E-state index contributed by atoms with van der Waals surface area (Å²) in [6.45, 7) is 5.03. The number of ether oxygens (including phenoxy) is 1. The number of nitrogens with two attached hydrogens (primary N) is 1. The van der Waals surface area contributed by atoms with Crippen molar-refractivity contribution >= 4 is 17.8 Å². The molecule has 4 aliphatic rings. The molecule has 1 aromatic carbocycles. The monoisotopic (exact) mass is 455 g/mol. The van der Waals surface area contributed by atoms with Gasteiger partial charge in [0.25, 0.3) is 0 Å². The minimum absolute atomic E-state index is 0.0378. The van der Waals surface area contributed by atoms with Crippen molar-refractivity contribution < 1.29 is 19.1 Å². The van der Waals surface area contributed by atoms with Gasteiger partial charge in [0.2, 0.25) is 5.91 Å². The number of alkyl carbamates (subject to hydrolysis) is 1. The van der Waals surface area contributed by atoms with Gasteiger partial charge in [-0.05, 0) is 82.6 Å². The molecule has 0 saturated heterocycles. The van der Waals surface area contributed by atoms with Crippen LogP contribution in [0, 0.1) is 23.7 Å². The van der Waals surface area contributed by atoms with Crippen LogP contribution in [-0.4, -0.2) is 41.5 Å². The fourth-order valence-corrected chi connectivity index (χ4v) is 6.62. The highest BCUT2D eigenvalue weighted by Gasteiger charge is 2.58. The Labute approximate surface area is 196 Å². The Hall–Kier alpha value is -2.41. The smallest absolute Gasteiger partial charge is 0.408 e. The zero-order valence-corrected chi connectivity index (χ0v) is 19.9. The summed E-state index contributed by atoms with van der Waals surface area (Å²) in [5.41, 5.74) is 6.75. The van der Waals surface area contributed by atoms with Crippen LogP contribution in [0.1, 0.15) is 58.4 Å². The van der Waals surface area contributed by atoms with Crippen molar-refractivity contribution in [2.75, 3.05) is 6.54 Å². The van der Waals surface area contributed by atoms with Crippen molar-refractivity contribution in [3.63, 3.8) is 0 Å². The van der Waals surface area contributed by atoms with Crippen LogP contribution in [0.4, 0.5) is 4.79 Å². The van der Waals surface area contributed by atoms with E-state index in [0.29, 0.717) is 24.2 Å². The van der Waals surface area contributed by atoms with E-state index in [9.17, 15) is 14.4 Å². The second kappa shape index (κ2) is 9.09. The summed E-state index contributed by atoms with van der Waals surface area (Å²) in [6, 6.07) is 9.02. The summed E-state index contributed by atoms with van der Waals surface area (Å²) in [5.74, 6) is 0.983. The fraction of sp³-hybridized carbons (Fsp3) is 0.654. The van der Waals surface area contributed by atoms with E-state index < -0.39 is 29.2 Å². The highest BCUT2D eigenvalue weighted by molar-refractivity contribution is 5.93. The van der Waals surface area contributed by atoms with Gasteiger partial charge < -0.3 is 21.1 Å². The van der Waals surface area contributed by atoms with E-state index in [0.717, 1.165) is 31.2 Å². The Bertz CT molecular complexity index is 881. The van der Waals surface area contributed by atoms with Gasteiger partial charge in [0.15, 0.2) is 5.78 Å². The number of ketones is 1. The first-order valence-electron chi connectivity index (χ1n) is 12.2. The summed E-state index contributed by atoms with van der Waals surface area (Å²) < 4.78 is 5.20. The molecule has 4 saturated carbocycles.